The predicted molar refractivity (Wildman–Crippen MR) is 62.8 cm³/mol. The van der Waals surface area contributed by atoms with E-state index in [1.807, 2.05) is 12.1 Å². The topological polar surface area (TPSA) is 152 Å². The number of carboxylic acids is 2. The van der Waals surface area contributed by atoms with Crippen molar-refractivity contribution in [3.8, 4) is 12.1 Å². The summed E-state index contributed by atoms with van der Waals surface area (Å²) in [6.45, 7) is 2.92. The minimum Gasteiger partial charge on any atom is -0.550 e. The van der Waals surface area contributed by atoms with E-state index in [4.69, 9.17) is 10.5 Å². The molecule has 0 fully saturated rings. The zero-order chi connectivity index (χ0) is 15.8. The van der Waals surface area contributed by atoms with Gasteiger partial charge in [-0.2, -0.15) is 10.5 Å². The zero-order valence-corrected chi connectivity index (χ0v) is 17.4. The minimum atomic E-state index is -1.28. The van der Waals surface area contributed by atoms with E-state index in [1.54, 1.807) is 0 Å². The second-order valence-corrected chi connectivity index (χ2v) is 4.88. The van der Waals surface area contributed by atoms with Gasteiger partial charge in [0, 0.05) is 11.9 Å². The number of carbonyl (C=O) groups excluding carboxylic acids is 2. The zero-order valence-electron chi connectivity index (χ0n) is 13.4. The SMILES string of the molecule is CC(C#N)(CCC(=O)[O-])NNC(C)(C#N)CCC(=O)[O-].[Na+].[Na+]. The number of nitriles is 2. The molecule has 0 aliphatic carbocycles. The van der Waals surface area contributed by atoms with Gasteiger partial charge in [-0.25, -0.2) is 10.9 Å². The molecule has 0 rings (SSSR count). The number of aliphatic carboxylic acids is 2. The van der Waals surface area contributed by atoms with E-state index in [1.165, 1.54) is 13.8 Å². The number of rotatable bonds is 9. The molecule has 0 aliphatic heterocycles. The first-order valence-electron chi connectivity index (χ1n) is 5.93. The van der Waals surface area contributed by atoms with Gasteiger partial charge >= 0.3 is 59.1 Å². The average Bonchev–Trinajstić information content (AvgIpc) is 2.41. The van der Waals surface area contributed by atoms with Crippen LogP contribution < -0.4 is 80.2 Å². The molecule has 0 saturated carbocycles. The van der Waals surface area contributed by atoms with E-state index < -0.39 is 23.0 Å². The van der Waals surface area contributed by atoms with Crippen LogP contribution in [0.15, 0.2) is 0 Å². The van der Waals surface area contributed by atoms with Crippen LogP contribution in [0.1, 0.15) is 39.5 Å². The van der Waals surface area contributed by atoms with Crippen LogP contribution in [0.3, 0.4) is 0 Å². The van der Waals surface area contributed by atoms with Crippen LogP contribution in [0.25, 0.3) is 0 Å². The van der Waals surface area contributed by atoms with Crippen molar-refractivity contribution in [3.05, 3.63) is 0 Å². The first kappa shape index (κ1) is 26.7. The van der Waals surface area contributed by atoms with E-state index in [0.717, 1.165) is 0 Å². The number of carboxylic acid groups (broad SMARTS) is 2. The van der Waals surface area contributed by atoms with Gasteiger partial charge in [-0.15, -0.1) is 0 Å². The number of nitrogens with one attached hydrogen (secondary N) is 2. The third-order valence-electron chi connectivity index (χ3n) is 2.77. The summed E-state index contributed by atoms with van der Waals surface area (Å²) in [4.78, 5) is 20.8. The maximum Gasteiger partial charge on any atom is 1.00 e. The molecule has 22 heavy (non-hydrogen) atoms. The van der Waals surface area contributed by atoms with E-state index >= 15 is 0 Å². The average molecular weight is 326 g/mol. The van der Waals surface area contributed by atoms with Crippen molar-refractivity contribution in [2.24, 2.45) is 0 Å². The van der Waals surface area contributed by atoms with Gasteiger partial charge in [0.05, 0.1) is 12.1 Å². The molecule has 10 heteroatoms. The molecular weight excluding hydrogens is 310 g/mol. The minimum absolute atomic E-state index is 0. The van der Waals surface area contributed by atoms with Gasteiger partial charge in [0.15, 0.2) is 0 Å². The van der Waals surface area contributed by atoms with Crippen LogP contribution in [0.5, 0.6) is 0 Å². The molecule has 0 radical (unpaired) electrons. The smallest absolute Gasteiger partial charge is 0.550 e. The Balaban J connectivity index is -0.00000180. The van der Waals surface area contributed by atoms with Crippen LogP contribution in [0, 0.1) is 22.7 Å². The Morgan fingerprint density at radius 3 is 1.36 bits per heavy atom. The van der Waals surface area contributed by atoms with Crippen molar-refractivity contribution in [2.75, 3.05) is 0 Å². The molecule has 0 amide bonds. The van der Waals surface area contributed by atoms with Crippen molar-refractivity contribution in [1.82, 2.24) is 10.9 Å². The summed E-state index contributed by atoms with van der Waals surface area (Å²) in [5.74, 6) is -2.57. The number of hydrogen-bond acceptors (Lipinski definition) is 8. The molecule has 0 heterocycles. The summed E-state index contributed by atoms with van der Waals surface area (Å²) in [6.07, 6.45) is -0.691. The fraction of sp³-hybridized carbons (Fsp3) is 0.667. The molecule has 0 bridgehead atoms. The number of hydrazine groups is 1. The molecule has 0 spiro atoms. The molecule has 8 nitrogen and oxygen atoms in total. The van der Waals surface area contributed by atoms with Crippen LogP contribution in [-0.4, -0.2) is 23.0 Å². The summed E-state index contributed by atoms with van der Waals surface area (Å²) >= 11 is 0. The number of nitrogens with zero attached hydrogens (tertiary/aromatic N) is 2. The Kier molecular flexibility index (Phi) is 14.9. The third kappa shape index (κ3) is 11.4. The second-order valence-electron chi connectivity index (χ2n) is 4.88. The molecule has 0 saturated heterocycles. The van der Waals surface area contributed by atoms with E-state index in [2.05, 4.69) is 10.9 Å². The maximum atomic E-state index is 10.4. The molecule has 2 atom stereocenters. The van der Waals surface area contributed by atoms with Crippen molar-refractivity contribution in [1.29, 1.82) is 10.5 Å². The van der Waals surface area contributed by atoms with Gasteiger partial charge in [-0.05, 0) is 39.5 Å². The van der Waals surface area contributed by atoms with Crippen LogP contribution in [0.2, 0.25) is 0 Å². The summed E-state index contributed by atoms with van der Waals surface area (Å²) in [6, 6.07) is 3.79. The summed E-state index contributed by atoms with van der Waals surface area (Å²) < 4.78 is 0. The predicted octanol–water partition coefficient (Wildman–Crippen LogP) is -8.29. The Hall–Kier alpha value is -0.160. The molecule has 2 unspecified atom stereocenters. The van der Waals surface area contributed by atoms with Gasteiger partial charge in [0.25, 0.3) is 0 Å². The quantitative estimate of drug-likeness (QED) is 0.313. The van der Waals surface area contributed by atoms with Gasteiger partial charge in [0.1, 0.15) is 11.1 Å². The summed E-state index contributed by atoms with van der Waals surface area (Å²) in [7, 11) is 0. The fourth-order valence-electron chi connectivity index (χ4n) is 1.27. The van der Waals surface area contributed by atoms with Crippen LogP contribution in [0.4, 0.5) is 0 Å². The Bertz CT molecular complexity index is 421. The first-order valence-corrected chi connectivity index (χ1v) is 5.93. The van der Waals surface area contributed by atoms with E-state index in [-0.39, 0.29) is 84.8 Å². The maximum absolute atomic E-state index is 10.4. The monoisotopic (exact) mass is 326 g/mol. The van der Waals surface area contributed by atoms with Gasteiger partial charge in [-0.3, -0.25) is 0 Å². The van der Waals surface area contributed by atoms with Gasteiger partial charge in [-0.1, -0.05) is 0 Å². The summed E-state index contributed by atoms with van der Waals surface area (Å²) in [5, 5.41) is 38.9. The molecular formula is C12H16N4Na2O4. The third-order valence-corrected chi connectivity index (χ3v) is 2.77. The van der Waals surface area contributed by atoms with Crippen LogP contribution >= 0.6 is 0 Å². The molecule has 2 N–H and O–H groups in total. The van der Waals surface area contributed by atoms with E-state index in [9.17, 15) is 19.8 Å². The molecule has 0 aromatic rings. The molecule has 110 valence electrons. The fourth-order valence-corrected chi connectivity index (χ4v) is 1.27. The van der Waals surface area contributed by atoms with Crippen molar-refractivity contribution in [2.45, 2.75) is 50.6 Å². The van der Waals surface area contributed by atoms with Crippen molar-refractivity contribution in [3.63, 3.8) is 0 Å². The number of carbonyl (C=O) groups is 2. The molecule has 0 aliphatic rings. The Labute approximate surface area is 173 Å². The molecule has 0 aromatic carbocycles. The first-order chi connectivity index (χ1) is 9.16. The summed E-state index contributed by atoms with van der Waals surface area (Å²) in [5.41, 5.74) is 2.71. The van der Waals surface area contributed by atoms with Crippen molar-refractivity contribution >= 4 is 11.9 Å². The largest absolute Gasteiger partial charge is 1.00 e. The second kappa shape index (κ2) is 12.3. The van der Waals surface area contributed by atoms with Crippen molar-refractivity contribution < 1.29 is 78.9 Å². The van der Waals surface area contributed by atoms with E-state index in [0.29, 0.717) is 0 Å². The Morgan fingerprint density at radius 2 is 1.18 bits per heavy atom. The normalized spacial score (nSPS) is 14.7. The van der Waals surface area contributed by atoms with Gasteiger partial charge in [0.2, 0.25) is 0 Å². The van der Waals surface area contributed by atoms with Gasteiger partial charge < -0.3 is 19.8 Å². The molecule has 0 aromatic heterocycles. The Morgan fingerprint density at radius 1 is 0.909 bits per heavy atom. The van der Waals surface area contributed by atoms with Crippen LogP contribution in [-0.2, 0) is 9.59 Å². The standard InChI is InChI=1S/C12H18N4O4.2Na/c1-11(7-13,5-3-9(17)18)15-16-12(2,8-14)6-4-10(19)20;;/h15-16H,3-6H2,1-2H3,(H,17,18)(H,19,20);;/q;2*+1/p-2. The number of hydrogen-bond donors (Lipinski definition) is 2.